The summed E-state index contributed by atoms with van der Waals surface area (Å²) in [7, 11) is 1.65. The minimum Gasteiger partial charge on any atom is -0.487 e. The molecule has 39 heavy (non-hydrogen) atoms. The molecule has 1 saturated heterocycles. The molecule has 0 aromatic heterocycles. The fourth-order valence-corrected chi connectivity index (χ4v) is 7.83. The van der Waals surface area contributed by atoms with Crippen molar-refractivity contribution in [2.75, 3.05) is 73.1 Å². The molecule has 3 fully saturated rings. The van der Waals surface area contributed by atoms with Gasteiger partial charge in [-0.1, -0.05) is 12.5 Å². The van der Waals surface area contributed by atoms with Gasteiger partial charge in [-0.15, -0.1) is 0 Å². The zero-order valence-electron chi connectivity index (χ0n) is 23.3. The standard InChI is InChI=1S/C30H45NO8/c1-34-11-12-35-13-14-36-15-16-37-17-18-38-24-6-5-22-19-25-30(33)8-7-23(32)28-29(30,26(22)27(24)39-28)9-10-31(25)20-21-3-2-4-21/h5-6,21,23,25,28,32-33H,2-4,7-20H2,1H3/t23-,25+,28-,29-,30+/m0/s1. The summed E-state index contributed by atoms with van der Waals surface area (Å²) in [6, 6.07) is 4.23. The van der Waals surface area contributed by atoms with Gasteiger partial charge in [0.25, 0.3) is 0 Å². The molecule has 5 atom stereocenters. The topological polar surface area (TPSA) is 99.1 Å². The Morgan fingerprint density at radius 3 is 2.36 bits per heavy atom. The molecule has 218 valence electrons. The van der Waals surface area contributed by atoms with E-state index in [1.165, 1.54) is 24.8 Å². The molecule has 2 heterocycles. The van der Waals surface area contributed by atoms with Gasteiger partial charge in [-0.25, -0.2) is 0 Å². The van der Waals surface area contributed by atoms with Crippen LogP contribution >= 0.6 is 0 Å². The van der Waals surface area contributed by atoms with Gasteiger partial charge in [-0.2, -0.15) is 0 Å². The van der Waals surface area contributed by atoms with E-state index in [4.69, 9.17) is 28.4 Å². The van der Waals surface area contributed by atoms with Crippen LogP contribution in [-0.2, 0) is 30.8 Å². The van der Waals surface area contributed by atoms with Crippen molar-refractivity contribution >= 4 is 0 Å². The molecule has 0 radical (unpaired) electrons. The molecule has 2 N–H and O–H groups in total. The molecule has 1 aromatic carbocycles. The van der Waals surface area contributed by atoms with Crippen LogP contribution in [0.15, 0.2) is 12.1 Å². The van der Waals surface area contributed by atoms with Gasteiger partial charge in [0.15, 0.2) is 11.5 Å². The molecule has 5 aliphatic rings. The van der Waals surface area contributed by atoms with Crippen LogP contribution in [0.2, 0.25) is 0 Å². The molecule has 2 bridgehead atoms. The van der Waals surface area contributed by atoms with E-state index < -0.39 is 23.2 Å². The minimum absolute atomic E-state index is 0.0724. The summed E-state index contributed by atoms with van der Waals surface area (Å²) >= 11 is 0. The number of likely N-dealkylation sites (tertiary alicyclic amines) is 1. The average Bonchev–Trinajstić information content (AvgIpc) is 3.26. The van der Waals surface area contributed by atoms with Gasteiger partial charge in [-0.3, -0.25) is 4.90 Å². The summed E-state index contributed by atoms with van der Waals surface area (Å²) < 4.78 is 34.2. The fraction of sp³-hybridized carbons (Fsp3) is 0.800. The van der Waals surface area contributed by atoms with E-state index in [9.17, 15) is 10.2 Å². The van der Waals surface area contributed by atoms with Crippen molar-refractivity contribution in [2.24, 2.45) is 5.92 Å². The molecule has 3 aliphatic carbocycles. The van der Waals surface area contributed by atoms with E-state index in [1.54, 1.807) is 7.11 Å². The summed E-state index contributed by atoms with van der Waals surface area (Å²) in [5, 5.41) is 23.6. The molecule has 2 saturated carbocycles. The zero-order valence-corrected chi connectivity index (χ0v) is 23.3. The smallest absolute Gasteiger partial charge is 0.166 e. The predicted octanol–water partition coefficient (Wildman–Crippen LogP) is 2.08. The molecule has 1 spiro atoms. The maximum atomic E-state index is 12.5. The number of hydrogen-bond donors (Lipinski definition) is 2. The summed E-state index contributed by atoms with van der Waals surface area (Å²) in [5.41, 5.74) is 0.858. The Hall–Kier alpha value is -1.46. The normalized spacial score (nSPS) is 32.9. The van der Waals surface area contributed by atoms with E-state index in [-0.39, 0.29) is 6.04 Å². The van der Waals surface area contributed by atoms with Crippen molar-refractivity contribution in [3.8, 4) is 11.5 Å². The first kappa shape index (κ1) is 27.7. The molecule has 0 amide bonds. The first-order valence-corrected chi connectivity index (χ1v) is 14.9. The number of nitrogens with zero attached hydrogens (tertiary/aromatic N) is 1. The van der Waals surface area contributed by atoms with E-state index in [2.05, 4.69) is 11.0 Å². The third-order valence-electron chi connectivity index (χ3n) is 9.90. The molecular weight excluding hydrogens is 502 g/mol. The second-order valence-corrected chi connectivity index (χ2v) is 11.9. The SMILES string of the molecule is COCCOCCOCCOCCOc1ccc2c3c1O[C@H]1[C@@H](O)CC[C@@]4(O)[C@@H](C2)N(CC2CCC2)CC[C@]314. The number of hydrogen-bond acceptors (Lipinski definition) is 9. The van der Waals surface area contributed by atoms with Crippen LogP contribution in [0.5, 0.6) is 11.5 Å². The first-order valence-electron chi connectivity index (χ1n) is 14.9. The number of rotatable bonds is 15. The molecule has 9 nitrogen and oxygen atoms in total. The van der Waals surface area contributed by atoms with Gasteiger partial charge in [0.2, 0.25) is 0 Å². The number of benzene rings is 1. The van der Waals surface area contributed by atoms with Crippen LogP contribution in [0.3, 0.4) is 0 Å². The van der Waals surface area contributed by atoms with Crippen LogP contribution < -0.4 is 9.47 Å². The third-order valence-corrected chi connectivity index (χ3v) is 9.90. The maximum Gasteiger partial charge on any atom is 0.166 e. The first-order chi connectivity index (χ1) is 19.1. The van der Waals surface area contributed by atoms with Crippen molar-refractivity contribution < 1.29 is 38.6 Å². The second-order valence-electron chi connectivity index (χ2n) is 11.9. The Morgan fingerprint density at radius 1 is 0.949 bits per heavy atom. The minimum atomic E-state index is -0.895. The third kappa shape index (κ3) is 4.88. The summed E-state index contributed by atoms with van der Waals surface area (Å²) in [6.07, 6.45) is 5.71. The number of aliphatic hydroxyl groups excluding tert-OH is 1. The lowest BCUT2D eigenvalue weighted by Gasteiger charge is -2.64. The monoisotopic (exact) mass is 547 g/mol. The zero-order chi connectivity index (χ0) is 26.9. The molecule has 2 aliphatic heterocycles. The van der Waals surface area contributed by atoms with E-state index in [0.717, 1.165) is 43.2 Å². The van der Waals surface area contributed by atoms with Gasteiger partial charge in [0, 0.05) is 25.3 Å². The van der Waals surface area contributed by atoms with Crippen LogP contribution in [0.1, 0.15) is 49.7 Å². The highest BCUT2D eigenvalue weighted by molar-refractivity contribution is 5.63. The van der Waals surface area contributed by atoms with Crippen LogP contribution in [-0.4, -0.2) is 112 Å². The Labute approximate surface area is 231 Å². The van der Waals surface area contributed by atoms with Gasteiger partial charge in [0.1, 0.15) is 12.7 Å². The lowest BCUT2D eigenvalue weighted by atomic mass is 9.48. The highest BCUT2D eigenvalue weighted by Crippen LogP contribution is 2.65. The van der Waals surface area contributed by atoms with Gasteiger partial charge in [-0.05, 0) is 62.6 Å². The highest BCUT2D eigenvalue weighted by atomic mass is 16.6. The number of methoxy groups -OCH3 is 1. The van der Waals surface area contributed by atoms with Crippen molar-refractivity contribution in [3.05, 3.63) is 23.3 Å². The van der Waals surface area contributed by atoms with Crippen molar-refractivity contribution in [1.29, 1.82) is 0 Å². The lowest BCUT2D eigenvalue weighted by molar-refractivity contribution is -0.209. The highest BCUT2D eigenvalue weighted by Gasteiger charge is 2.72. The Morgan fingerprint density at radius 2 is 1.67 bits per heavy atom. The van der Waals surface area contributed by atoms with E-state index in [0.29, 0.717) is 71.4 Å². The molecular formula is C30H45NO8. The number of ether oxygens (including phenoxy) is 6. The second kappa shape index (κ2) is 11.8. The number of piperidine rings is 1. The number of aliphatic hydroxyl groups is 2. The summed E-state index contributed by atoms with van der Waals surface area (Å²) in [4.78, 5) is 2.56. The molecule has 1 aromatic rings. The van der Waals surface area contributed by atoms with Gasteiger partial charge in [0.05, 0.1) is 63.4 Å². The molecule has 0 unspecified atom stereocenters. The van der Waals surface area contributed by atoms with Gasteiger partial charge < -0.3 is 38.6 Å². The van der Waals surface area contributed by atoms with Gasteiger partial charge >= 0.3 is 0 Å². The van der Waals surface area contributed by atoms with Crippen LogP contribution in [0, 0.1) is 5.92 Å². The van der Waals surface area contributed by atoms with Crippen LogP contribution in [0.4, 0.5) is 0 Å². The van der Waals surface area contributed by atoms with Crippen molar-refractivity contribution in [1.82, 2.24) is 4.90 Å². The maximum absolute atomic E-state index is 12.5. The van der Waals surface area contributed by atoms with Crippen molar-refractivity contribution in [2.45, 2.75) is 74.2 Å². The van der Waals surface area contributed by atoms with E-state index >= 15 is 0 Å². The predicted molar refractivity (Wildman–Crippen MR) is 144 cm³/mol. The fourth-order valence-electron chi connectivity index (χ4n) is 7.83. The largest absolute Gasteiger partial charge is 0.487 e. The molecule has 9 heteroatoms. The Bertz CT molecular complexity index is 988. The van der Waals surface area contributed by atoms with Crippen molar-refractivity contribution in [3.63, 3.8) is 0 Å². The van der Waals surface area contributed by atoms with Crippen LogP contribution in [0.25, 0.3) is 0 Å². The summed E-state index contributed by atoms with van der Waals surface area (Å²) in [5.74, 6) is 2.16. The Balaban J connectivity index is 1.08. The van der Waals surface area contributed by atoms with E-state index in [1.807, 2.05) is 6.07 Å². The quantitative estimate of drug-likeness (QED) is 0.320. The lowest BCUT2D eigenvalue weighted by Crippen LogP contribution is -2.77. The summed E-state index contributed by atoms with van der Waals surface area (Å²) in [6.45, 7) is 6.05. The Kier molecular flexibility index (Phi) is 8.38. The molecule has 6 rings (SSSR count). The average molecular weight is 548 g/mol.